The van der Waals surface area contributed by atoms with Crippen molar-refractivity contribution in [2.75, 3.05) is 6.61 Å². The Bertz CT molecular complexity index is 171. The average molecular weight is 171 g/mol. The first kappa shape index (κ1) is 9.52. The fourth-order valence-corrected chi connectivity index (χ4v) is 1.45. The van der Waals surface area contributed by atoms with Gasteiger partial charge < -0.3 is 10.5 Å². The Kier molecular flexibility index (Phi) is 2.73. The van der Waals surface area contributed by atoms with Crippen molar-refractivity contribution in [3.05, 3.63) is 0 Å². The summed E-state index contributed by atoms with van der Waals surface area (Å²) in [6.45, 7) is 4.60. The molecule has 0 aromatic rings. The predicted molar refractivity (Wildman–Crippen MR) is 46.6 cm³/mol. The quantitative estimate of drug-likeness (QED) is 0.675. The van der Waals surface area contributed by atoms with E-state index in [9.17, 15) is 4.79 Å². The Hall–Kier alpha value is -0.570. The van der Waals surface area contributed by atoms with E-state index in [1.165, 1.54) is 0 Å². The van der Waals surface area contributed by atoms with Crippen LogP contribution in [0.1, 0.15) is 33.1 Å². The molecule has 0 aliphatic carbocycles. The molecule has 0 saturated carbocycles. The van der Waals surface area contributed by atoms with Crippen LogP contribution in [-0.4, -0.2) is 18.1 Å². The molecule has 0 bridgehead atoms. The van der Waals surface area contributed by atoms with Crippen LogP contribution >= 0.6 is 0 Å². The third-order valence-corrected chi connectivity index (χ3v) is 2.77. The average Bonchev–Trinajstić information content (AvgIpc) is 2.06. The summed E-state index contributed by atoms with van der Waals surface area (Å²) in [5.41, 5.74) is 4.52. The fraction of sp³-hybridized carbons (Fsp3) is 0.889. The molecule has 0 aromatic carbocycles. The molecule has 70 valence electrons. The Morgan fingerprint density at radius 3 is 2.75 bits per heavy atom. The monoisotopic (exact) mass is 171 g/mol. The summed E-state index contributed by atoms with van der Waals surface area (Å²) in [4.78, 5) is 11.0. The highest BCUT2D eigenvalue weighted by atomic mass is 16.5. The van der Waals surface area contributed by atoms with Gasteiger partial charge in [0.05, 0.1) is 6.61 Å². The molecule has 1 fully saturated rings. The Morgan fingerprint density at radius 1 is 1.75 bits per heavy atom. The number of nitrogens with two attached hydrogens (primary N) is 1. The van der Waals surface area contributed by atoms with E-state index in [4.69, 9.17) is 10.5 Å². The van der Waals surface area contributed by atoms with Gasteiger partial charge in [-0.15, -0.1) is 0 Å². The largest absolute Gasteiger partial charge is 0.367 e. The van der Waals surface area contributed by atoms with Crippen LogP contribution in [0.3, 0.4) is 0 Å². The van der Waals surface area contributed by atoms with E-state index in [1.54, 1.807) is 6.92 Å². The van der Waals surface area contributed by atoms with Gasteiger partial charge in [0.15, 0.2) is 0 Å². The number of rotatable bonds is 2. The molecule has 0 radical (unpaired) electrons. The van der Waals surface area contributed by atoms with Gasteiger partial charge >= 0.3 is 0 Å². The lowest BCUT2D eigenvalue weighted by molar-refractivity contribution is -0.151. The third-order valence-electron chi connectivity index (χ3n) is 2.77. The molecule has 1 amide bonds. The lowest BCUT2D eigenvalue weighted by atomic mass is 9.88. The van der Waals surface area contributed by atoms with E-state index < -0.39 is 5.60 Å². The van der Waals surface area contributed by atoms with Crippen LogP contribution in [-0.2, 0) is 9.53 Å². The van der Waals surface area contributed by atoms with Gasteiger partial charge in [-0.2, -0.15) is 0 Å². The molecule has 2 unspecified atom stereocenters. The van der Waals surface area contributed by atoms with Crippen LogP contribution in [0.5, 0.6) is 0 Å². The van der Waals surface area contributed by atoms with Gasteiger partial charge in [0.2, 0.25) is 5.91 Å². The molecule has 3 nitrogen and oxygen atoms in total. The number of carbonyl (C=O) groups is 1. The minimum Gasteiger partial charge on any atom is -0.367 e. The number of hydrogen-bond donors (Lipinski definition) is 1. The van der Waals surface area contributed by atoms with Gasteiger partial charge in [0.1, 0.15) is 5.60 Å². The normalized spacial score (nSPS) is 36.3. The SMILES string of the molecule is CCC1CCC(C)(C(N)=O)OC1. The minimum absolute atomic E-state index is 0.336. The van der Waals surface area contributed by atoms with Crippen molar-refractivity contribution in [2.24, 2.45) is 11.7 Å². The molecular formula is C9H17NO2. The zero-order valence-electron chi connectivity index (χ0n) is 7.80. The van der Waals surface area contributed by atoms with Crippen LogP contribution in [0.2, 0.25) is 0 Å². The fourth-order valence-electron chi connectivity index (χ4n) is 1.45. The van der Waals surface area contributed by atoms with Crippen molar-refractivity contribution in [3.8, 4) is 0 Å². The van der Waals surface area contributed by atoms with Crippen molar-refractivity contribution in [1.29, 1.82) is 0 Å². The number of hydrogen-bond acceptors (Lipinski definition) is 2. The summed E-state index contributed by atoms with van der Waals surface area (Å²) in [6.07, 6.45) is 2.94. The Balaban J connectivity index is 2.49. The first-order valence-corrected chi connectivity index (χ1v) is 4.52. The van der Waals surface area contributed by atoms with Crippen molar-refractivity contribution in [2.45, 2.75) is 38.7 Å². The lowest BCUT2D eigenvalue weighted by Crippen LogP contribution is -2.47. The number of primary amides is 1. The number of carbonyl (C=O) groups excluding carboxylic acids is 1. The molecule has 1 saturated heterocycles. The van der Waals surface area contributed by atoms with Crippen molar-refractivity contribution in [3.63, 3.8) is 0 Å². The summed E-state index contributed by atoms with van der Waals surface area (Å²) >= 11 is 0. The Labute approximate surface area is 73.3 Å². The molecule has 3 heteroatoms. The highest BCUT2D eigenvalue weighted by molar-refractivity contribution is 5.83. The van der Waals surface area contributed by atoms with Crippen molar-refractivity contribution < 1.29 is 9.53 Å². The van der Waals surface area contributed by atoms with E-state index in [-0.39, 0.29) is 5.91 Å². The first-order chi connectivity index (χ1) is 5.58. The summed E-state index contributed by atoms with van der Waals surface area (Å²) in [5.74, 6) is 0.273. The van der Waals surface area contributed by atoms with Crippen LogP contribution in [0.15, 0.2) is 0 Å². The molecule has 1 aliphatic rings. The van der Waals surface area contributed by atoms with Gasteiger partial charge in [0.25, 0.3) is 0 Å². The van der Waals surface area contributed by atoms with Gasteiger partial charge in [-0.1, -0.05) is 13.3 Å². The summed E-state index contributed by atoms with van der Waals surface area (Å²) in [6, 6.07) is 0. The highest BCUT2D eigenvalue weighted by Crippen LogP contribution is 2.28. The molecule has 1 aliphatic heterocycles. The second kappa shape index (κ2) is 3.44. The molecule has 12 heavy (non-hydrogen) atoms. The summed E-state index contributed by atoms with van der Waals surface area (Å²) < 4.78 is 5.46. The molecule has 2 N–H and O–H groups in total. The zero-order chi connectivity index (χ0) is 9.19. The molecule has 2 atom stereocenters. The maximum Gasteiger partial charge on any atom is 0.249 e. The van der Waals surface area contributed by atoms with Crippen LogP contribution in [0.4, 0.5) is 0 Å². The Morgan fingerprint density at radius 2 is 2.42 bits per heavy atom. The zero-order valence-corrected chi connectivity index (χ0v) is 7.80. The van der Waals surface area contributed by atoms with Crippen molar-refractivity contribution >= 4 is 5.91 Å². The highest BCUT2D eigenvalue weighted by Gasteiger charge is 2.36. The molecular weight excluding hydrogens is 154 g/mol. The first-order valence-electron chi connectivity index (χ1n) is 4.52. The van der Waals surface area contributed by atoms with Crippen LogP contribution in [0.25, 0.3) is 0 Å². The molecule has 1 rings (SSSR count). The van der Waals surface area contributed by atoms with E-state index >= 15 is 0 Å². The predicted octanol–water partition coefficient (Wildman–Crippen LogP) is 1.07. The van der Waals surface area contributed by atoms with Crippen LogP contribution < -0.4 is 5.73 Å². The van der Waals surface area contributed by atoms with E-state index in [0.29, 0.717) is 12.5 Å². The van der Waals surface area contributed by atoms with Gasteiger partial charge in [-0.3, -0.25) is 4.79 Å². The minimum atomic E-state index is -0.703. The van der Waals surface area contributed by atoms with E-state index in [2.05, 4.69) is 6.92 Å². The van der Waals surface area contributed by atoms with E-state index in [0.717, 1.165) is 19.3 Å². The smallest absolute Gasteiger partial charge is 0.249 e. The molecule has 0 spiro atoms. The van der Waals surface area contributed by atoms with Crippen LogP contribution in [0, 0.1) is 5.92 Å². The van der Waals surface area contributed by atoms with Gasteiger partial charge in [-0.25, -0.2) is 0 Å². The topological polar surface area (TPSA) is 52.3 Å². The van der Waals surface area contributed by atoms with Crippen molar-refractivity contribution in [1.82, 2.24) is 0 Å². The molecule has 0 aromatic heterocycles. The maximum absolute atomic E-state index is 11.0. The number of amides is 1. The summed E-state index contributed by atoms with van der Waals surface area (Å²) in [7, 11) is 0. The standard InChI is InChI=1S/C9H17NO2/c1-3-7-4-5-9(2,8(10)11)12-6-7/h7H,3-6H2,1-2H3,(H2,10,11). The molecule has 1 heterocycles. The maximum atomic E-state index is 11.0. The second-order valence-corrected chi connectivity index (χ2v) is 3.72. The third kappa shape index (κ3) is 1.78. The summed E-state index contributed by atoms with van der Waals surface area (Å²) in [5, 5.41) is 0. The second-order valence-electron chi connectivity index (χ2n) is 3.72. The van der Waals surface area contributed by atoms with E-state index in [1.807, 2.05) is 0 Å². The van der Waals surface area contributed by atoms with Gasteiger partial charge in [0, 0.05) is 0 Å². The van der Waals surface area contributed by atoms with Gasteiger partial charge in [-0.05, 0) is 25.7 Å². The number of ether oxygens (including phenoxy) is 1. The lowest BCUT2D eigenvalue weighted by Gasteiger charge is -2.34.